The van der Waals surface area contributed by atoms with Gasteiger partial charge < -0.3 is 14.7 Å². The minimum Gasteiger partial charge on any atom is -0.444 e. The van der Waals surface area contributed by atoms with Gasteiger partial charge >= 0.3 is 6.09 Å². The van der Waals surface area contributed by atoms with E-state index in [0.717, 1.165) is 32.6 Å². The van der Waals surface area contributed by atoms with Crippen molar-refractivity contribution in [3.8, 4) is 0 Å². The first kappa shape index (κ1) is 12.6. The van der Waals surface area contributed by atoms with Gasteiger partial charge in [-0.2, -0.15) is 0 Å². The highest BCUT2D eigenvalue weighted by Crippen LogP contribution is 2.22. The van der Waals surface area contributed by atoms with Gasteiger partial charge in [-0.15, -0.1) is 0 Å². The van der Waals surface area contributed by atoms with Crippen molar-refractivity contribution >= 4 is 6.09 Å². The molecule has 2 saturated heterocycles. The molecule has 2 aliphatic heterocycles. The minimum absolute atomic E-state index is 0.175. The van der Waals surface area contributed by atoms with Gasteiger partial charge in [0, 0.05) is 32.2 Å². The van der Waals surface area contributed by atoms with Crippen molar-refractivity contribution in [1.29, 1.82) is 0 Å². The third-order valence-electron chi connectivity index (χ3n) is 3.22. The summed E-state index contributed by atoms with van der Waals surface area (Å²) in [4.78, 5) is 15.8. The van der Waals surface area contributed by atoms with Crippen LogP contribution in [-0.2, 0) is 4.74 Å². The molecule has 0 aromatic rings. The zero-order valence-corrected chi connectivity index (χ0v) is 10.8. The van der Waals surface area contributed by atoms with E-state index in [1.807, 2.05) is 20.8 Å². The Morgan fingerprint density at radius 3 is 2.47 bits per heavy atom. The topological polar surface area (TPSA) is 53.0 Å². The fourth-order valence-electron chi connectivity index (χ4n) is 2.32. The van der Waals surface area contributed by atoms with Gasteiger partial charge in [-0.1, -0.05) is 0 Å². The van der Waals surface area contributed by atoms with Gasteiger partial charge in [-0.05, 0) is 27.2 Å². The lowest BCUT2D eigenvalue weighted by molar-refractivity contribution is -0.0232. The van der Waals surface area contributed by atoms with Gasteiger partial charge in [-0.3, -0.25) is 4.90 Å². The molecule has 1 unspecified atom stereocenters. The molecule has 2 rings (SSSR count). The maximum atomic E-state index is 11.8. The molecular formula is C12H22N2O3. The zero-order valence-electron chi connectivity index (χ0n) is 10.8. The number of carbonyl (C=O) groups excluding carboxylic acids is 1. The van der Waals surface area contributed by atoms with Gasteiger partial charge in [0.05, 0.1) is 6.10 Å². The number of likely N-dealkylation sites (tertiary alicyclic amines) is 2. The van der Waals surface area contributed by atoms with E-state index in [1.54, 1.807) is 4.90 Å². The zero-order chi connectivity index (χ0) is 12.6. The van der Waals surface area contributed by atoms with Crippen molar-refractivity contribution in [3.05, 3.63) is 0 Å². The number of hydrogen-bond donors (Lipinski definition) is 1. The molecule has 0 bridgehead atoms. The number of aliphatic hydroxyl groups is 1. The summed E-state index contributed by atoms with van der Waals surface area (Å²) in [6, 6.07) is 0.394. The number of ether oxygens (including phenoxy) is 1. The van der Waals surface area contributed by atoms with Crippen LogP contribution in [0.15, 0.2) is 0 Å². The molecule has 0 radical (unpaired) electrons. The first-order valence-corrected chi connectivity index (χ1v) is 6.25. The maximum absolute atomic E-state index is 11.8. The monoisotopic (exact) mass is 242 g/mol. The second-order valence-electron chi connectivity index (χ2n) is 5.98. The summed E-state index contributed by atoms with van der Waals surface area (Å²) in [5.41, 5.74) is -0.428. The van der Waals surface area contributed by atoms with Crippen molar-refractivity contribution in [1.82, 2.24) is 9.80 Å². The number of β-amino-alcohol motifs (C(OH)–C–C–N with tert-alkyl or cyclic N) is 1. The molecule has 2 aliphatic rings. The summed E-state index contributed by atoms with van der Waals surface area (Å²) in [5, 5.41) is 9.26. The predicted molar refractivity (Wildman–Crippen MR) is 63.8 cm³/mol. The number of amides is 1. The van der Waals surface area contributed by atoms with Crippen LogP contribution < -0.4 is 0 Å². The van der Waals surface area contributed by atoms with Crippen LogP contribution in [0.25, 0.3) is 0 Å². The molecule has 98 valence electrons. The number of aliphatic hydroxyl groups excluding tert-OH is 1. The molecule has 0 aliphatic carbocycles. The molecule has 0 spiro atoms. The smallest absolute Gasteiger partial charge is 0.410 e. The van der Waals surface area contributed by atoms with Crippen LogP contribution in [-0.4, -0.2) is 64.9 Å². The summed E-state index contributed by atoms with van der Waals surface area (Å²) < 4.78 is 5.34. The lowest BCUT2D eigenvalue weighted by Crippen LogP contribution is -2.56. The highest BCUT2D eigenvalue weighted by molar-refractivity contribution is 5.68. The van der Waals surface area contributed by atoms with E-state index in [-0.39, 0.29) is 12.2 Å². The molecule has 2 heterocycles. The van der Waals surface area contributed by atoms with Gasteiger partial charge in [-0.25, -0.2) is 4.79 Å². The summed E-state index contributed by atoms with van der Waals surface area (Å²) in [6.45, 7) is 8.60. The average Bonchev–Trinajstić information content (AvgIpc) is 2.58. The van der Waals surface area contributed by atoms with E-state index < -0.39 is 5.60 Å². The van der Waals surface area contributed by atoms with Crippen molar-refractivity contribution < 1.29 is 14.6 Å². The molecule has 0 aromatic heterocycles. The SMILES string of the molecule is CC(C)(C)OC(=O)N1CCC(N2CC(O)C2)C1. The first-order valence-electron chi connectivity index (χ1n) is 6.25. The van der Waals surface area contributed by atoms with E-state index in [9.17, 15) is 9.90 Å². The minimum atomic E-state index is -0.428. The Kier molecular flexibility index (Phi) is 3.32. The van der Waals surface area contributed by atoms with Crippen molar-refractivity contribution in [2.45, 2.75) is 44.9 Å². The summed E-state index contributed by atoms with van der Waals surface area (Å²) in [5.74, 6) is 0. The predicted octanol–water partition coefficient (Wildman–Crippen LogP) is 0.672. The molecule has 1 amide bonds. The van der Waals surface area contributed by atoms with E-state index in [4.69, 9.17) is 4.74 Å². The standard InChI is InChI=1S/C12H22N2O3/c1-12(2,3)17-11(16)13-5-4-9(6-13)14-7-10(15)8-14/h9-10,15H,4-8H2,1-3H3. The summed E-state index contributed by atoms with van der Waals surface area (Å²) in [7, 11) is 0. The number of rotatable bonds is 1. The van der Waals surface area contributed by atoms with E-state index in [2.05, 4.69) is 4.90 Å². The second-order valence-corrected chi connectivity index (χ2v) is 5.98. The van der Waals surface area contributed by atoms with Crippen LogP contribution in [0.2, 0.25) is 0 Å². The fourth-order valence-corrected chi connectivity index (χ4v) is 2.32. The molecule has 5 heteroatoms. The molecule has 2 fully saturated rings. The van der Waals surface area contributed by atoms with Gasteiger partial charge in [0.25, 0.3) is 0 Å². The Morgan fingerprint density at radius 1 is 1.29 bits per heavy atom. The van der Waals surface area contributed by atoms with Gasteiger partial charge in [0.15, 0.2) is 0 Å². The molecule has 1 N–H and O–H groups in total. The van der Waals surface area contributed by atoms with Crippen LogP contribution in [0.3, 0.4) is 0 Å². The third kappa shape index (κ3) is 3.10. The molecular weight excluding hydrogens is 220 g/mol. The maximum Gasteiger partial charge on any atom is 0.410 e. The van der Waals surface area contributed by atoms with E-state index in [0.29, 0.717) is 6.04 Å². The van der Waals surface area contributed by atoms with Crippen LogP contribution in [0.5, 0.6) is 0 Å². The lowest BCUT2D eigenvalue weighted by Gasteiger charge is -2.40. The summed E-state index contributed by atoms with van der Waals surface area (Å²) in [6.07, 6.45) is 0.582. The second kappa shape index (κ2) is 4.46. The van der Waals surface area contributed by atoms with Crippen molar-refractivity contribution in [3.63, 3.8) is 0 Å². The highest BCUT2D eigenvalue weighted by atomic mass is 16.6. The molecule has 0 saturated carbocycles. The third-order valence-corrected chi connectivity index (χ3v) is 3.22. The number of carbonyl (C=O) groups is 1. The Labute approximate surface area is 102 Å². The Hall–Kier alpha value is -0.810. The van der Waals surface area contributed by atoms with Crippen molar-refractivity contribution in [2.75, 3.05) is 26.2 Å². The highest BCUT2D eigenvalue weighted by Gasteiger charge is 2.37. The van der Waals surface area contributed by atoms with Crippen LogP contribution in [0.1, 0.15) is 27.2 Å². The number of hydrogen-bond acceptors (Lipinski definition) is 4. The van der Waals surface area contributed by atoms with Crippen LogP contribution >= 0.6 is 0 Å². The molecule has 5 nitrogen and oxygen atoms in total. The Balaban J connectivity index is 1.79. The van der Waals surface area contributed by atoms with E-state index in [1.165, 1.54) is 0 Å². The Morgan fingerprint density at radius 2 is 1.94 bits per heavy atom. The van der Waals surface area contributed by atoms with Gasteiger partial charge in [0.2, 0.25) is 0 Å². The lowest BCUT2D eigenvalue weighted by atomic mass is 10.1. The van der Waals surface area contributed by atoms with Crippen LogP contribution in [0, 0.1) is 0 Å². The fraction of sp³-hybridized carbons (Fsp3) is 0.917. The van der Waals surface area contributed by atoms with E-state index >= 15 is 0 Å². The first-order chi connectivity index (χ1) is 7.85. The Bertz CT molecular complexity index is 295. The number of nitrogens with zero attached hydrogens (tertiary/aromatic N) is 2. The average molecular weight is 242 g/mol. The van der Waals surface area contributed by atoms with Crippen molar-refractivity contribution in [2.24, 2.45) is 0 Å². The molecule has 17 heavy (non-hydrogen) atoms. The largest absolute Gasteiger partial charge is 0.444 e. The molecule has 0 aromatic carbocycles. The quantitative estimate of drug-likeness (QED) is 0.734. The molecule has 1 atom stereocenters. The van der Waals surface area contributed by atoms with Crippen LogP contribution in [0.4, 0.5) is 4.79 Å². The summed E-state index contributed by atoms with van der Waals surface area (Å²) >= 11 is 0. The normalized spacial score (nSPS) is 27.1. The van der Waals surface area contributed by atoms with Gasteiger partial charge in [0.1, 0.15) is 5.60 Å².